The van der Waals surface area contributed by atoms with E-state index >= 15 is 0 Å². The molecule has 2 aromatic rings. The smallest absolute Gasteiger partial charge is 0.321 e. The van der Waals surface area contributed by atoms with Gasteiger partial charge in [0.15, 0.2) is 5.78 Å². The highest BCUT2D eigenvalue weighted by molar-refractivity contribution is 5.97. The highest BCUT2D eigenvalue weighted by atomic mass is 16.3. The third-order valence-corrected chi connectivity index (χ3v) is 3.54. The molecule has 0 bridgehead atoms. The Labute approximate surface area is 135 Å². The molecule has 0 aliphatic rings. The lowest BCUT2D eigenvalue weighted by atomic mass is 10.1. The molecule has 0 atom stereocenters. The second-order valence-electron chi connectivity index (χ2n) is 5.35. The van der Waals surface area contributed by atoms with E-state index in [0.29, 0.717) is 11.3 Å². The van der Waals surface area contributed by atoms with E-state index < -0.39 is 0 Å². The molecule has 0 unspecified atom stereocenters. The first kappa shape index (κ1) is 16.5. The van der Waals surface area contributed by atoms with Gasteiger partial charge in [0.1, 0.15) is 5.75 Å². The Balaban J connectivity index is 1.83. The molecule has 2 aromatic carbocycles. The lowest BCUT2D eigenvalue weighted by molar-refractivity contribution is 0.0983. The van der Waals surface area contributed by atoms with Gasteiger partial charge in [-0.05, 0) is 31.2 Å². The molecule has 5 heteroatoms. The normalized spacial score (nSPS) is 10.2. The van der Waals surface area contributed by atoms with E-state index in [2.05, 4.69) is 5.32 Å². The first-order valence-electron chi connectivity index (χ1n) is 7.38. The summed E-state index contributed by atoms with van der Waals surface area (Å²) in [7, 11) is 1.63. The fraction of sp³-hybridized carbons (Fsp3) is 0.222. The van der Waals surface area contributed by atoms with Gasteiger partial charge < -0.3 is 10.4 Å². The quantitative estimate of drug-likeness (QED) is 0.833. The van der Waals surface area contributed by atoms with E-state index in [4.69, 9.17) is 0 Å². The Morgan fingerprint density at radius 3 is 2.26 bits per heavy atom. The molecular weight excluding hydrogens is 292 g/mol. The van der Waals surface area contributed by atoms with Gasteiger partial charge in [-0.25, -0.2) is 4.79 Å². The summed E-state index contributed by atoms with van der Waals surface area (Å²) in [5.74, 6) is 0.142. The van der Waals surface area contributed by atoms with Crippen molar-refractivity contribution in [1.82, 2.24) is 5.32 Å². The number of benzene rings is 2. The number of anilines is 1. The SMILES string of the molecule is Cc1ccc(C(=O)CCNC(=O)N(C)c2ccc(O)cc2)cc1. The molecule has 23 heavy (non-hydrogen) atoms. The van der Waals surface area contributed by atoms with Crippen molar-refractivity contribution >= 4 is 17.5 Å². The molecule has 0 aliphatic carbocycles. The maximum atomic E-state index is 12.0. The number of nitrogens with zero attached hydrogens (tertiary/aromatic N) is 1. The van der Waals surface area contributed by atoms with Gasteiger partial charge in [-0.1, -0.05) is 29.8 Å². The van der Waals surface area contributed by atoms with Crippen LogP contribution in [0.2, 0.25) is 0 Å². The molecule has 120 valence electrons. The minimum Gasteiger partial charge on any atom is -0.508 e. The highest BCUT2D eigenvalue weighted by Crippen LogP contribution is 2.17. The zero-order valence-corrected chi connectivity index (χ0v) is 13.2. The summed E-state index contributed by atoms with van der Waals surface area (Å²) in [6.07, 6.45) is 0.248. The van der Waals surface area contributed by atoms with Crippen molar-refractivity contribution in [2.45, 2.75) is 13.3 Å². The van der Waals surface area contributed by atoms with Gasteiger partial charge in [0, 0.05) is 31.3 Å². The second kappa shape index (κ2) is 7.45. The van der Waals surface area contributed by atoms with Crippen molar-refractivity contribution in [2.75, 3.05) is 18.5 Å². The summed E-state index contributed by atoms with van der Waals surface area (Å²) >= 11 is 0. The van der Waals surface area contributed by atoms with Crippen molar-refractivity contribution in [3.05, 3.63) is 59.7 Å². The number of carbonyl (C=O) groups is 2. The Morgan fingerprint density at radius 1 is 1.04 bits per heavy atom. The topological polar surface area (TPSA) is 69.6 Å². The van der Waals surface area contributed by atoms with Gasteiger partial charge in [-0.15, -0.1) is 0 Å². The molecule has 0 aliphatic heterocycles. The van der Waals surface area contributed by atoms with Gasteiger partial charge >= 0.3 is 6.03 Å². The number of aryl methyl sites for hydroxylation is 1. The van der Waals surface area contributed by atoms with Crippen LogP contribution >= 0.6 is 0 Å². The molecule has 0 aromatic heterocycles. The molecule has 2 N–H and O–H groups in total. The van der Waals surface area contributed by atoms with Crippen LogP contribution in [0.4, 0.5) is 10.5 Å². The largest absolute Gasteiger partial charge is 0.508 e. The minimum absolute atomic E-state index is 0.00223. The average Bonchev–Trinajstić information content (AvgIpc) is 2.55. The summed E-state index contributed by atoms with van der Waals surface area (Å²) in [5.41, 5.74) is 2.41. The summed E-state index contributed by atoms with van der Waals surface area (Å²) < 4.78 is 0. The zero-order chi connectivity index (χ0) is 16.8. The number of rotatable bonds is 5. The van der Waals surface area contributed by atoms with Crippen molar-refractivity contribution in [1.29, 1.82) is 0 Å². The zero-order valence-electron chi connectivity index (χ0n) is 13.2. The van der Waals surface area contributed by atoms with E-state index in [9.17, 15) is 14.7 Å². The summed E-state index contributed by atoms with van der Waals surface area (Å²) in [5, 5.41) is 12.0. The molecule has 2 amide bonds. The number of Topliss-reactive ketones (excluding diaryl/α,β-unsaturated/α-hetero) is 1. The molecule has 0 saturated heterocycles. The van der Waals surface area contributed by atoms with Crippen LogP contribution in [0.15, 0.2) is 48.5 Å². The Hall–Kier alpha value is -2.82. The average molecular weight is 312 g/mol. The minimum atomic E-state index is -0.299. The predicted molar refractivity (Wildman–Crippen MR) is 90.0 cm³/mol. The lowest BCUT2D eigenvalue weighted by Crippen LogP contribution is -2.38. The molecule has 0 radical (unpaired) electrons. The number of amides is 2. The van der Waals surface area contributed by atoms with E-state index in [1.54, 1.807) is 31.3 Å². The van der Waals surface area contributed by atoms with Crippen LogP contribution in [0.1, 0.15) is 22.3 Å². The molecule has 0 spiro atoms. The lowest BCUT2D eigenvalue weighted by Gasteiger charge is -2.18. The van der Waals surface area contributed by atoms with Gasteiger partial charge in [0.2, 0.25) is 0 Å². The second-order valence-corrected chi connectivity index (χ2v) is 5.35. The van der Waals surface area contributed by atoms with Crippen molar-refractivity contribution in [2.24, 2.45) is 0 Å². The van der Waals surface area contributed by atoms with Crippen molar-refractivity contribution < 1.29 is 14.7 Å². The predicted octanol–water partition coefficient (Wildman–Crippen LogP) is 3.12. The van der Waals surface area contributed by atoms with Crippen LogP contribution in [0.3, 0.4) is 0 Å². The maximum Gasteiger partial charge on any atom is 0.321 e. The van der Waals surface area contributed by atoms with E-state index in [1.165, 1.54) is 17.0 Å². The number of urea groups is 1. The van der Waals surface area contributed by atoms with E-state index in [-0.39, 0.29) is 30.5 Å². The summed E-state index contributed by atoms with van der Waals surface area (Å²) in [4.78, 5) is 25.5. The van der Waals surface area contributed by atoms with Gasteiger partial charge in [-0.3, -0.25) is 9.69 Å². The molecular formula is C18H20N2O3. The Bertz CT molecular complexity index is 678. The summed E-state index contributed by atoms with van der Waals surface area (Å²) in [6.45, 7) is 2.24. The maximum absolute atomic E-state index is 12.0. The fourth-order valence-electron chi connectivity index (χ4n) is 2.08. The van der Waals surface area contributed by atoms with Crippen LogP contribution < -0.4 is 10.2 Å². The number of phenols is 1. The van der Waals surface area contributed by atoms with Crippen LogP contribution in [0, 0.1) is 6.92 Å². The fourth-order valence-corrected chi connectivity index (χ4v) is 2.08. The number of ketones is 1. The van der Waals surface area contributed by atoms with Gasteiger partial charge in [0.05, 0.1) is 0 Å². The third-order valence-electron chi connectivity index (χ3n) is 3.54. The Morgan fingerprint density at radius 2 is 1.65 bits per heavy atom. The van der Waals surface area contributed by atoms with Crippen LogP contribution in [-0.2, 0) is 0 Å². The monoisotopic (exact) mass is 312 g/mol. The third kappa shape index (κ3) is 4.57. The van der Waals surface area contributed by atoms with Crippen LogP contribution in [-0.4, -0.2) is 30.5 Å². The number of aromatic hydroxyl groups is 1. The van der Waals surface area contributed by atoms with Gasteiger partial charge in [0.25, 0.3) is 0 Å². The molecule has 0 heterocycles. The summed E-state index contributed by atoms with van der Waals surface area (Å²) in [6, 6.07) is 13.4. The number of hydrogen-bond donors (Lipinski definition) is 2. The van der Waals surface area contributed by atoms with E-state index in [1.807, 2.05) is 19.1 Å². The van der Waals surface area contributed by atoms with Crippen molar-refractivity contribution in [3.63, 3.8) is 0 Å². The number of hydrogen-bond acceptors (Lipinski definition) is 3. The molecule has 5 nitrogen and oxygen atoms in total. The Kier molecular flexibility index (Phi) is 5.36. The molecule has 2 rings (SSSR count). The molecule has 0 fully saturated rings. The van der Waals surface area contributed by atoms with E-state index in [0.717, 1.165) is 5.56 Å². The number of phenolic OH excluding ortho intramolecular Hbond substituents is 1. The van der Waals surface area contributed by atoms with Crippen LogP contribution in [0.5, 0.6) is 5.75 Å². The number of nitrogens with one attached hydrogen (secondary N) is 1. The highest BCUT2D eigenvalue weighted by Gasteiger charge is 2.11. The first-order valence-corrected chi connectivity index (χ1v) is 7.38. The molecule has 0 saturated carbocycles. The standard InChI is InChI=1S/C18H20N2O3/c1-13-3-5-14(6-4-13)17(22)11-12-19-18(23)20(2)15-7-9-16(21)10-8-15/h3-10,21H,11-12H2,1-2H3,(H,19,23). The number of carbonyl (C=O) groups excluding carboxylic acids is 2. The van der Waals surface area contributed by atoms with Gasteiger partial charge in [-0.2, -0.15) is 0 Å². The van der Waals surface area contributed by atoms with Crippen molar-refractivity contribution in [3.8, 4) is 5.75 Å². The first-order chi connectivity index (χ1) is 11.0. The van der Waals surface area contributed by atoms with Crippen LogP contribution in [0.25, 0.3) is 0 Å².